The molecule has 1 aromatic heterocycles. The molecule has 0 aromatic carbocycles. The van der Waals surface area contributed by atoms with Gasteiger partial charge in [0.25, 0.3) is 0 Å². The average Bonchev–Trinajstić information content (AvgIpc) is 2.47. The lowest BCUT2D eigenvalue weighted by Gasteiger charge is -2.07. The first-order chi connectivity index (χ1) is 6.50. The van der Waals surface area contributed by atoms with Crippen LogP contribution >= 0.6 is 11.3 Å². The zero-order chi connectivity index (χ0) is 10.8. The molecular weight excluding hydrogens is 213 g/mol. The van der Waals surface area contributed by atoms with E-state index in [9.17, 15) is 13.2 Å². The molecule has 0 atom stereocenters. The Morgan fingerprint density at radius 3 is 2.50 bits per heavy atom. The highest BCUT2D eigenvalue weighted by Crippen LogP contribution is 2.42. The second-order valence-electron chi connectivity index (χ2n) is 2.79. The fourth-order valence-corrected chi connectivity index (χ4v) is 1.99. The minimum absolute atomic E-state index is 0.0654. The number of hydrogen-bond donors (Lipinski definition) is 0. The summed E-state index contributed by atoms with van der Waals surface area (Å²) in [5, 5.41) is 2.63. The van der Waals surface area contributed by atoms with E-state index in [1.54, 1.807) is 0 Å². The van der Waals surface area contributed by atoms with Crippen molar-refractivity contribution in [1.29, 1.82) is 0 Å². The summed E-state index contributed by atoms with van der Waals surface area (Å²) in [7, 11) is 1.25. The zero-order valence-corrected chi connectivity index (χ0v) is 8.68. The highest BCUT2D eigenvalue weighted by atomic mass is 32.1. The van der Waals surface area contributed by atoms with Crippen molar-refractivity contribution in [2.45, 2.75) is 25.9 Å². The largest absolute Gasteiger partial charge is 0.495 e. The van der Waals surface area contributed by atoms with E-state index in [2.05, 4.69) is 5.38 Å². The number of methoxy groups -OCH3 is 1. The van der Waals surface area contributed by atoms with Crippen molar-refractivity contribution in [2.24, 2.45) is 0 Å². The van der Waals surface area contributed by atoms with Gasteiger partial charge >= 0.3 is 6.18 Å². The van der Waals surface area contributed by atoms with Gasteiger partial charge in [0.05, 0.1) is 12.5 Å². The van der Waals surface area contributed by atoms with Crippen LogP contribution in [0.15, 0.2) is 0 Å². The fraction of sp³-hybridized carbons (Fsp3) is 0.556. The molecule has 1 heterocycles. The summed E-state index contributed by atoms with van der Waals surface area (Å²) in [5.41, 5.74) is 0.521. The van der Waals surface area contributed by atoms with Crippen LogP contribution in [0.2, 0.25) is 0 Å². The minimum Gasteiger partial charge on any atom is -0.495 e. The van der Waals surface area contributed by atoms with Crippen LogP contribution in [-0.4, -0.2) is 7.11 Å². The lowest BCUT2D eigenvalue weighted by Crippen LogP contribution is -2.04. The Morgan fingerprint density at radius 2 is 2.07 bits per heavy atom. The van der Waals surface area contributed by atoms with Gasteiger partial charge in [-0.3, -0.25) is 0 Å². The van der Waals surface area contributed by atoms with E-state index in [0.717, 1.165) is 6.42 Å². The monoisotopic (exact) mass is 223 g/mol. The summed E-state index contributed by atoms with van der Waals surface area (Å²) in [6, 6.07) is 0. The maximum Gasteiger partial charge on any atom is 0.429 e. The number of thiophene rings is 1. The molecule has 1 radical (unpaired) electrons. The molecular formula is C9H10F3OS. The first-order valence-corrected chi connectivity index (χ1v) is 4.96. The van der Waals surface area contributed by atoms with E-state index in [-0.39, 0.29) is 5.75 Å². The Labute approximate surface area is 84.5 Å². The Kier molecular flexibility index (Phi) is 3.42. The van der Waals surface area contributed by atoms with Crippen molar-refractivity contribution in [3.8, 4) is 5.75 Å². The third-order valence-corrected chi connectivity index (χ3v) is 2.69. The molecule has 5 heteroatoms. The lowest BCUT2D eigenvalue weighted by atomic mass is 10.2. The highest BCUT2D eigenvalue weighted by molar-refractivity contribution is 7.10. The lowest BCUT2D eigenvalue weighted by molar-refractivity contribution is -0.135. The fourth-order valence-electron chi connectivity index (χ4n) is 1.16. The molecule has 0 bridgehead atoms. The van der Waals surface area contributed by atoms with E-state index in [4.69, 9.17) is 4.74 Å². The number of hydrogen-bond acceptors (Lipinski definition) is 2. The number of halogens is 3. The molecule has 0 fully saturated rings. The molecule has 0 aliphatic heterocycles. The van der Waals surface area contributed by atoms with E-state index < -0.39 is 11.1 Å². The first kappa shape index (κ1) is 11.4. The maximum absolute atomic E-state index is 12.4. The molecule has 0 saturated heterocycles. The quantitative estimate of drug-likeness (QED) is 0.761. The van der Waals surface area contributed by atoms with E-state index in [1.165, 1.54) is 7.11 Å². The Hall–Kier alpha value is -0.710. The van der Waals surface area contributed by atoms with Gasteiger partial charge in [0.2, 0.25) is 0 Å². The van der Waals surface area contributed by atoms with Gasteiger partial charge in [0, 0.05) is 5.56 Å². The smallest absolute Gasteiger partial charge is 0.429 e. The topological polar surface area (TPSA) is 9.23 Å². The summed E-state index contributed by atoms with van der Waals surface area (Å²) in [5.74, 6) is -0.0654. The van der Waals surface area contributed by atoms with Crippen LogP contribution in [-0.2, 0) is 12.6 Å². The van der Waals surface area contributed by atoms with Crippen LogP contribution in [0.4, 0.5) is 13.2 Å². The molecule has 0 saturated carbocycles. The molecule has 0 aliphatic carbocycles. The molecule has 0 aliphatic rings. The van der Waals surface area contributed by atoms with Gasteiger partial charge in [-0.05, 0) is 6.42 Å². The van der Waals surface area contributed by atoms with Gasteiger partial charge in [-0.15, -0.1) is 11.3 Å². The van der Waals surface area contributed by atoms with Crippen molar-refractivity contribution in [3.05, 3.63) is 15.8 Å². The average molecular weight is 223 g/mol. The van der Waals surface area contributed by atoms with Crippen molar-refractivity contribution in [3.63, 3.8) is 0 Å². The molecule has 1 rings (SSSR count). The van der Waals surface area contributed by atoms with Crippen LogP contribution in [0.25, 0.3) is 0 Å². The number of rotatable bonds is 3. The van der Waals surface area contributed by atoms with Crippen molar-refractivity contribution >= 4 is 11.3 Å². The predicted octanol–water partition coefficient (Wildman–Crippen LogP) is 3.53. The van der Waals surface area contributed by atoms with E-state index >= 15 is 0 Å². The van der Waals surface area contributed by atoms with Gasteiger partial charge in [-0.25, -0.2) is 0 Å². The molecule has 1 aromatic rings. The van der Waals surface area contributed by atoms with Crippen LogP contribution in [0.1, 0.15) is 23.8 Å². The van der Waals surface area contributed by atoms with Crippen LogP contribution < -0.4 is 4.74 Å². The summed E-state index contributed by atoms with van der Waals surface area (Å²) in [4.78, 5) is -0.691. The number of ether oxygens (including phenoxy) is 1. The van der Waals surface area contributed by atoms with Crippen LogP contribution in [0.3, 0.4) is 0 Å². The molecule has 14 heavy (non-hydrogen) atoms. The second-order valence-corrected chi connectivity index (χ2v) is 3.61. The number of aryl methyl sites for hydroxylation is 1. The zero-order valence-electron chi connectivity index (χ0n) is 7.86. The first-order valence-electron chi connectivity index (χ1n) is 4.15. The molecule has 0 N–H and O–H groups in total. The molecule has 79 valence electrons. The van der Waals surface area contributed by atoms with Crippen molar-refractivity contribution < 1.29 is 17.9 Å². The van der Waals surface area contributed by atoms with Gasteiger partial charge in [0.15, 0.2) is 4.88 Å². The molecule has 0 unspecified atom stereocenters. The van der Waals surface area contributed by atoms with E-state index in [0.29, 0.717) is 23.3 Å². The van der Waals surface area contributed by atoms with E-state index in [1.807, 2.05) is 6.92 Å². The summed E-state index contributed by atoms with van der Waals surface area (Å²) < 4.78 is 42.0. The Balaban J connectivity index is 3.07. The molecule has 0 spiro atoms. The highest BCUT2D eigenvalue weighted by Gasteiger charge is 2.37. The van der Waals surface area contributed by atoms with Gasteiger partial charge in [0.1, 0.15) is 5.75 Å². The summed E-state index contributed by atoms with van der Waals surface area (Å²) in [6.07, 6.45) is -2.99. The molecule has 1 nitrogen and oxygen atoms in total. The summed E-state index contributed by atoms with van der Waals surface area (Å²) >= 11 is 0.573. The number of alkyl halides is 3. The maximum atomic E-state index is 12.4. The standard InChI is InChI=1S/C9H10F3OS/c1-3-4-6-5-14-8(7(6)13-2)9(10,11)12/h3-4H2,1-2H3. The van der Waals surface area contributed by atoms with Gasteiger partial charge in [-0.2, -0.15) is 13.2 Å². The molecule has 0 amide bonds. The van der Waals surface area contributed by atoms with Gasteiger partial charge < -0.3 is 4.74 Å². The third kappa shape index (κ3) is 2.20. The van der Waals surface area contributed by atoms with Gasteiger partial charge in [-0.1, -0.05) is 13.3 Å². The van der Waals surface area contributed by atoms with Crippen LogP contribution in [0.5, 0.6) is 5.75 Å². The van der Waals surface area contributed by atoms with Crippen LogP contribution in [0, 0.1) is 5.38 Å². The predicted molar refractivity (Wildman–Crippen MR) is 48.7 cm³/mol. The summed E-state index contributed by atoms with van der Waals surface area (Å²) in [6.45, 7) is 1.90. The minimum atomic E-state index is -4.33. The van der Waals surface area contributed by atoms with Crippen molar-refractivity contribution in [2.75, 3.05) is 7.11 Å². The third-order valence-electron chi connectivity index (χ3n) is 1.72. The second kappa shape index (κ2) is 4.21. The Bertz CT molecular complexity index is 303. The SMILES string of the molecule is CCCc1[c]sc(C(F)(F)F)c1OC. The van der Waals surface area contributed by atoms with Crippen molar-refractivity contribution in [1.82, 2.24) is 0 Å². The normalized spacial score (nSPS) is 11.8. The Morgan fingerprint density at radius 1 is 1.43 bits per heavy atom.